The van der Waals surface area contributed by atoms with Crippen molar-refractivity contribution in [2.75, 3.05) is 26.2 Å². The van der Waals surface area contributed by atoms with Crippen molar-refractivity contribution in [3.05, 3.63) is 35.9 Å². The Bertz CT molecular complexity index is 479. The maximum atomic E-state index is 8.87. The molecule has 3 rings (SSSR count). The van der Waals surface area contributed by atoms with E-state index in [1.54, 1.807) is 12.1 Å². The zero-order valence-corrected chi connectivity index (χ0v) is 13.1. The quantitative estimate of drug-likeness (QED) is 0.684. The van der Waals surface area contributed by atoms with Crippen LogP contribution in [0.1, 0.15) is 30.7 Å². The van der Waals surface area contributed by atoms with E-state index in [0.29, 0.717) is 12.0 Å². The fourth-order valence-corrected chi connectivity index (χ4v) is 3.99. The van der Waals surface area contributed by atoms with Crippen LogP contribution >= 0.6 is 12.1 Å². The van der Waals surface area contributed by atoms with E-state index in [4.69, 9.17) is 5.26 Å². The van der Waals surface area contributed by atoms with E-state index < -0.39 is 0 Å². The minimum absolute atomic E-state index is 0.446. The van der Waals surface area contributed by atoms with Crippen LogP contribution in [0.4, 0.5) is 0 Å². The van der Waals surface area contributed by atoms with E-state index in [1.165, 1.54) is 18.4 Å². The van der Waals surface area contributed by atoms with Gasteiger partial charge >= 0.3 is 0 Å². The minimum atomic E-state index is 0.446. The van der Waals surface area contributed by atoms with Gasteiger partial charge in [-0.2, -0.15) is 5.26 Å². The van der Waals surface area contributed by atoms with E-state index in [2.05, 4.69) is 45.6 Å². The normalized spacial score (nSPS) is 24.1. The van der Waals surface area contributed by atoms with E-state index in [-0.39, 0.29) is 0 Å². The summed E-state index contributed by atoms with van der Waals surface area (Å²) >= 11 is 1.75. The number of nitrogens with zero attached hydrogens (tertiary/aromatic N) is 3. The maximum absolute atomic E-state index is 8.87. The first-order chi connectivity index (χ1) is 10.3. The zero-order valence-electron chi connectivity index (χ0n) is 12.2. The molecule has 2 heterocycles. The fraction of sp³-hybridized carbons (Fsp3) is 0.562. The van der Waals surface area contributed by atoms with Crippen LogP contribution in [0, 0.1) is 11.5 Å². The van der Waals surface area contributed by atoms with Crippen molar-refractivity contribution < 1.29 is 0 Å². The van der Waals surface area contributed by atoms with E-state index in [0.717, 1.165) is 32.6 Å². The highest BCUT2D eigenvalue weighted by Crippen LogP contribution is 2.30. The highest BCUT2D eigenvalue weighted by atomic mass is 32.2. The van der Waals surface area contributed by atoms with Crippen molar-refractivity contribution in [1.82, 2.24) is 13.9 Å². The maximum Gasteiger partial charge on any atom is 0.179 e. The first-order valence-electron chi connectivity index (χ1n) is 7.72. The summed E-state index contributed by atoms with van der Waals surface area (Å²) in [5.74, 6) is 0.712. The third-order valence-electron chi connectivity index (χ3n) is 4.40. The number of hydrogen-bond acceptors (Lipinski definition) is 5. The molecule has 1 unspecified atom stereocenters. The summed E-state index contributed by atoms with van der Waals surface area (Å²) in [6, 6.07) is 11.3. The van der Waals surface area contributed by atoms with Crippen molar-refractivity contribution in [2.24, 2.45) is 0 Å². The SMILES string of the molecule is N#CN1CCC(NSN2CCC(c3ccccc3)CC2)C1. The molecule has 5 heteroatoms. The molecule has 0 aromatic heterocycles. The highest BCUT2D eigenvalue weighted by molar-refractivity contribution is 7.95. The van der Waals surface area contributed by atoms with Crippen LogP contribution < -0.4 is 4.72 Å². The Morgan fingerprint density at radius 3 is 2.52 bits per heavy atom. The topological polar surface area (TPSA) is 42.3 Å². The van der Waals surface area contributed by atoms with Gasteiger partial charge in [-0.3, -0.25) is 0 Å². The lowest BCUT2D eigenvalue weighted by Gasteiger charge is -2.31. The molecule has 0 amide bonds. The Kier molecular flexibility index (Phi) is 5.02. The molecule has 2 aliphatic heterocycles. The minimum Gasteiger partial charge on any atom is -0.309 e. The molecule has 1 aromatic rings. The molecular formula is C16H22N4S. The monoisotopic (exact) mass is 302 g/mol. The van der Waals surface area contributed by atoms with E-state index in [9.17, 15) is 0 Å². The van der Waals surface area contributed by atoms with E-state index >= 15 is 0 Å². The second kappa shape index (κ2) is 7.17. The van der Waals surface area contributed by atoms with E-state index in [1.807, 2.05) is 4.90 Å². The summed E-state index contributed by atoms with van der Waals surface area (Å²) in [5, 5.41) is 8.87. The van der Waals surface area contributed by atoms with Gasteiger partial charge in [-0.15, -0.1) is 0 Å². The average molecular weight is 302 g/mol. The molecule has 0 spiro atoms. The number of piperidine rings is 1. The summed E-state index contributed by atoms with van der Waals surface area (Å²) in [7, 11) is 0. The Morgan fingerprint density at radius 2 is 1.86 bits per heavy atom. The smallest absolute Gasteiger partial charge is 0.179 e. The van der Waals surface area contributed by atoms with Crippen LogP contribution in [0.5, 0.6) is 0 Å². The van der Waals surface area contributed by atoms with Crippen molar-refractivity contribution in [1.29, 1.82) is 5.26 Å². The molecule has 0 radical (unpaired) electrons. The molecule has 1 aromatic carbocycles. The van der Waals surface area contributed by atoms with Crippen LogP contribution in [0.15, 0.2) is 30.3 Å². The lowest BCUT2D eigenvalue weighted by Crippen LogP contribution is -2.34. The summed E-state index contributed by atoms with van der Waals surface area (Å²) in [4.78, 5) is 1.83. The largest absolute Gasteiger partial charge is 0.309 e. The van der Waals surface area contributed by atoms with Crippen LogP contribution in [0.25, 0.3) is 0 Å². The molecule has 1 atom stereocenters. The number of rotatable bonds is 4. The summed E-state index contributed by atoms with van der Waals surface area (Å²) in [5.41, 5.74) is 1.48. The Balaban J connectivity index is 1.39. The predicted octanol–water partition coefficient (Wildman–Crippen LogP) is 2.57. The molecule has 0 bridgehead atoms. The van der Waals surface area contributed by atoms with Gasteiger partial charge in [-0.05, 0) is 30.7 Å². The molecule has 2 saturated heterocycles. The highest BCUT2D eigenvalue weighted by Gasteiger charge is 2.24. The van der Waals surface area contributed by atoms with Crippen LogP contribution in [-0.2, 0) is 0 Å². The number of likely N-dealkylation sites (tertiary alicyclic amines) is 1. The van der Waals surface area contributed by atoms with Gasteiger partial charge in [0.1, 0.15) is 0 Å². The van der Waals surface area contributed by atoms with Crippen molar-refractivity contribution in [3.8, 4) is 6.19 Å². The lowest BCUT2D eigenvalue weighted by molar-refractivity contribution is 0.343. The number of benzene rings is 1. The Hall–Kier alpha value is -1.22. The van der Waals surface area contributed by atoms with Crippen molar-refractivity contribution in [3.63, 3.8) is 0 Å². The van der Waals surface area contributed by atoms with Gasteiger partial charge in [0, 0.05) is 44.4 Å². The van der Waals surface area contributed by atoms with Crippen LogP contribution in [0.3, 0.4) is 0 Å². The van der Waals surface area contributed by atoms with Gasteiger partial charge in [0.15, 0.2) is 6.19 Å². The zero-order chi connectivity index (χ0) is 14.5. The molecule has 112 valence electrons. The molecule has 2 fully saturated rings. The second-order valence-electron chi connectivity index (χ2n) is 5.85. The fourth-order valence-electron chi connectivity index (χ4n) is 3.10. The first kappa shape index (κ1) is 14.7. The number of hydrogen-bond donors (Lipinski definition) is 1. The summed E-state index contributed by atoms with van der Waals surface area (Å²) in [6.07, 6.45) is 5.76. The van der Waals surface area contributed by atoms with Crippen LogP contribution in [0.2, 0.25) is 0 Å². The summed E-state index contributed by atoms with van der Waals surface area (Å²) < 4.78 is 5.95. The number of nitriles is 1. The van der Waals surface area contributed by atoms with Crippen LogP contribution in [-0.4, -0.2) is 41.4 Å². The van der Waals surface area contributed by atoms with Gasteiger partial charge in [0.25, 0.3) is 0 Å². The Morgan fingerprint density at radius 1 is 1.10 bits per heavy atom. The lowest BCUT2D eigenvalue weighted by atomic mass is 9.90. The standard InChI is InChI=1S/C16H22N4S/c17-13-19-9-8-16(12-19)18-21-20-10-6-15(7-11-20)14-4-2-1-3-5-14/h1-5,15-16,18H,6-12H2. The van der Waals surface area contributed by atoms with Crippen molar-refractivity contribution >= 4 is 12.1 Å². The van der Waals surface area contributed by atoms with Crippen molar-refractivity contribution in [2.45, 2.75) is 31.2 Å². The molecule has 4 nitrogen and oxygen atoms in total. The Labute approximate surface area is 131 Å². The average Bonchev–Trinajstić information content (AvgIpc) is 3.02. The van der Waals surface area contributed by atoms with Gasteiger partial charge in [-0.1, -0.05) is 30.3 Å². The van der Waals surface area contributed by atoms with Gasteiger partial charge in [-0.25, -0.2) is 9.03 Å². The molecule has 2 aliphatic rings. The summed E-state index contributed by atoms with van der Waals surface area (Å²) in [6.45, 7) is 4.01. The molecule has 21 heavy (non-hydrogen) atoms. The molecular weight excluding hydrogens is 280 g/mol. The predicted molar refractivity (Wildman–Crippen MR) is 86.3 cm³/mol. The van der Waals surface area contributed by atoms with Gasteiger partial charge < -0.3 is 4.90 Å². The van der Waals surface area contributed by atoms with Gasteiger partial charge in [0.2, 0.25) is 0 Å². The second-order valence-corrected chi connectivity index (χ2v) is 6.79. The third-order valence-corrected chi connectivity index (χ3v) is 5.47. The van der Waals surface area contributed by atoms with Gasteiger partial charge in [0.05, 0.1) is 0 Å². The number of nitrogens with one attached hydrogen (secondary N) is 1. The first-order valence-corrected chi connectivity index (χ1v) is 8.49. The third kappa shape index (κ3) is 3.91. The molecule has 0 aliphatic carbocycles. The molecule has 0 saturated carbocycles. The molecule has 1 N–H and O–H groups in total.